The molecule has 0 bridgehead atoms. The van der Waals surface area contributed by atoms with Crippen molar-refractivity contribution in [1.82, 2.24) is 20.5 Å². The summed E-state index contributed by atoms with van der Waals surface area (Å²) >= 11 is 0. The molecule has 2 heterocycles. The zero-order valence-corrected chi connectivity index (χ0v) is 17.3. The summed E-state index contributed by atoms with van der Waals surface area (Å²) in [4.78, 5) is 4.70. The summed E-state index contributed by atoms with van der Waals surface area (Å²) in [5.41, 5.74) is 3.16. The van der Waals surface area contributed by atoms with Gasteiger partial charge in [0.05, 0.1) is 11.4 Å². The monoisotopic (exact) mass is 411 g/mol. The van der Waals surface area contributed by atoms with Gasteiger partial charge in [-0.2, -0.15) is 0 Å². The largest absolute Gasteiger partial charge is 0.470 e. The molecule has 2 aromatic carbocycles. The second-order valence-electron chi connectivity index (χ2n) is 7.07. The molecule has 0 aliphatic carbocycles. The highest BCUT2D eigenvalue weighted by atomic mass is 16.5. The summed E-state index contributed by atoms with van der Waals surface area (Å²) in [6.07, 6.45) is 2.58. The Labute approximate surface area is 182 Å². The van der Waals surface area contributed by atoms with Gasteiger partial charge in [-0.25, -0.2) is 0 Å². The van der Waals surface area contributed by atoms with Gasteiger partial charge in [0, 0.05) is 17.3 Å². The molecule has 0 amide bonds. The van der Waals surface area contributed by atoms with E-state index in [0.29, 0.717) is 24.8 Å². The Kier molecular flexibility index (Phi) is 6.82. The lowest BCUT2D eigenvalue weighted by molar-refractivity contribution is 0.290. The highest BCUT2D eigenvalue weighted by Crippen LogP contribution is 2.27. The van der Waals surface area contributed by atoms with Gasteiger partial charge in [-0.15, -0.1) is 10.2 Å². The molecule has 0 radical (unpaired) electrons. The smallest absolute Gasteiger partial charge is 0.241 e. The number of fused-ring (bicyclic) bond motifs is 1. The van der Waals surface area contributed by atoms with E-state index in [1.165, 1.54) is 5.56 Å². The van der Waals surface area contributed by atoms with Gasteiger partial charge in [-0.05, 0) is 42.9 Å². The summed E-state index contributed by atoms with van der Waals surface area (Å²) < 4.78 is 5.97. The fourth-order valence-electron chi connectivity index (χ4n) is 3.33. The third-order valence-corrected chi connectivity index (χ3v) is 4.85. The average molecular weight is 412 g/mol. The predicted molar refractivity (Wildman–Crippen MR) is 124 cm³/mol. The Balaban J connectivity index is 1.36. The molecular formula is C25H25N5O. The molecular weight excluding hydrogens is 386 g/mol. The van der Waals surface area contributed by atoms with Crippen LogP contribution in [0, 0.1) is 0 Å². The van der Waals surface area contributed by atoms with Crippen molar-refractivity contribution in [3.63, 3.8) is 0 Å². The third kappa shape index (κ3) is 5.43. The summed E-state index contributed by atoms with van der Waals surface area (Å²) in [6, 6.07) is 24.3. The molecule has 156 valence electrons. The van der Waals surface area contributed by atoms with Crippen LogP contribution >= 0.6 is 0 Å². The van der Waals surface area contributed by atoms with Crippen LogP contribution in [-0.4, -0.2) is 21.7 Å². The number of hydrogen-bond acceptors (Lipinski definition) is 6. The van der Waals surface area contributed by atoms with Crippen LogP contribution in [-0.2, 0) is 19.6 Å². The van der Waals surface area contributed by atoms with Crippen molar-refractivity contribution in [2.45, 2.75) is 19.6 Å². The second-order valence-corrected chi connectivity index (χ2v) is 7.07. The van der Waals surface area contributed by atoms with Crippen molar-refractivity contribution in [2.24, 2.45) is 0 Å². The fraction of sp³-hybridized carbons (Fsp3) is 0.160. The van der Waals surface area contributed by atoms with Gasteiger partial charge >= 0.3 is 0 Å². The molecule has 4 aromatic rings. The number of nitrogens with zero attached hydrogens (tertiary/aromatic N) is 3. The van der Waals surface area contributed by atoms with Crippen molar-refractivity contribution in [1.29, 1.82) is 0 Å². The number of rotatable bonds is 10. The Morgan fingerprint density at radius 1 is 0.839 bits per heavy atom. The number of nitrogens with one attached hydrogen (secondary N) is 2. The van der Waals surface area contributed by atoms with E-state index in [1.54, 1.807) is 6.20 Å². The summed E-state index contributed by atoms with van der Waals surface area (Å²) in [7, 11) is 0. The van der Waals surface area contributed by atoms with Gasteiger partial charge in [-0.3, -0.25) is 4.98 Å². The minimum atomic E-state index is 0.324. The van der Waals surface area contributed by atoms with E-state index in [9.17, 15) is 0 Å². The van der Waals surface area contributed by atoms with E-state index in [2.05, 4.69) is 51.7 Å². The van der Waals surface area contributed by atoms with Crippen molar-refractivity contribution in [2.75, 3.05) is 11.9 Å². The predicted octanol–water partition coefficient (Wildman–Crippen LogP) is 4.49. The van der Waals surface area contributed by atoms with Gasteiger partial charge in [0.25, 0.3) is 0 Å². The van der Waals surface area contributed by atoms with Crippen molar-refractivity contribution in [3.8, 4) is 5.88 Å². The molecule has 6 nitrogen and oxygen atoms in total. The molecule has 0 aliphatic rings. The standard InChI is InChI=1S/C25H25N5O/c1-2-27-24-22-13-6-7-14-23(22)25(30-29-24)31-18-21-12-8-11-20(28-21)17-26-16-15-19-9-4-3-5-10-19/h2-14,26H,1,15-18H2,(H,27,29). The summed E-state index contributed by atoms with van der Waals surface area (Å²) in [6.45, 7) is 5.63. The quantitative estimate of drug-likeness (QED) is 0.375. The molecule has 0 saturated carbocycles. The first-order chi connectivity index (χ1) is 15.3. The molecule has 0 atom stereocenters. The molecule has 2 N–H and O–H groups in total. The van der Waals surface area contributed by atoms with E-state index < -0.39 is 0 Å². The molecule has 6 heteroatoms. The van der Waals surface area contributed by atoms with Crippen LogP contribution in [0.15, 0.2) is 85.6 Å². The van der Waals surface area contributed by atoms with Crippen molar-refractivity contribution in [3.05, 3.63) is 103 Å². The third-order valence-electron chi connectivity index (χ3n) is 4.85. The molecule has 0 aliphatic heterocycles. The fourth-order valence-corrected chi connectivity index (χ4v) is 3.33. The number of hydrogen-bond donors (Lipinski definition) is 2. The van der Waals surface area contributed by atoms with Crippen LogP contribution < -0.4 is 15.4 Å². The first kappa shape index (κ1) is 20.5. The van der Waals surface area contributed by atoms with Gasteiger partial charge in [0.1, 0.15) is 6.61 Å². The van der Waals surface area contributed by atoms with Crippen LogP contribution in [0.2, 0.25) is 0 Å². The highest BCUT2D eigenvalue weighted by molar-refractivity contribution is 5.94. The Morgan fingerprint density at radius 2 is 1.61 bits per heavy atom. The highest BCUT2D eigenvalue weighted by Gasteiger charge is 2.10. The second kappa shape index (κ2) is 10.3. The van der Waals surface area contributed by atoms with E-state index in [4.69, 9.17) is 9.72 Å². The van der Waals surface area contributed by atoms with Crippen molar-refractivity contribution >= 4 is 16.6 Å². The van der Waals surface area contributed by atoms with E-state index in [-0.39, 0.29) is 0 Å². The minimum Gasteiger partial charge on any atom is -0.470 e. The van der Waals surface area contributed by atoms with E-state index in [1.807, 2.05) is 48.5 Å². The molecule has 0 saturated heterocycles. The van der Waals surface area contributed by atoms with Gasteiger partial charge in [-0.1, -0.05) is 61.2 Å². The number of anilines is 1. The van der Waals surface area contributed by atoms with E-state index in [0.717, 1.165) is 35.1 Å². The molecule has 4 rings (SSSR count). The van der Waals surface area contributed by atoms with Crippen LogP contribution in [0.5, 0.6) is 5.88 Å². The van der Waals surface area contributed by atoms with Crippen LogP contribution in [0.4, 0.5) is 5.82 Å². The lowest BCUT2D eigenvalue weighted by Gasteiger charge is -2.11. The SMILES string of the molecule is C=CNc1nnc(OCc2cccc(CNCCc3ccccc3)n2)c2ccccc12. The number of pyridine rings is 1. The van der Waals surface area contributed by atoms with Gasteiger partial charge < -0.3 is 15.4 Å². The number of ether oxygens (including phenoxy) is 1. The topological polar surface area (TPSA) is 72.0 Å². The average Bonchev–Trinajstić information content (AvgIpc) is 2.82. The van der Waals surface area contributed by atoms with E-state index >= 15 is 0 Å². The first-order valence-electron chi connectivity index (χ1n) is 10.3. The van der Waals surface area contributed by atoms with Crippen molar-refractivity contribution < 1.29 is 4.74 Å². The number of benzene rings is 2. The van der Waals surface area contributed by atoms with Gasteiger partial charge in [0.15, 0.2) is 5.82 Å². The zero-order valence-electron chi connectivity index (χ0n) is 17.3. The lowest BCUT2D eigenvalue weighted by Crippen LogP contribution is -2.17. The zero-order chi connectivity index (χ0) is 21.3. The Bertz CT molecular complexity index is 1150. The molecule has 2 aromatic heterocycles. The normalized spacial score (nSPS) is 10.7. The maximum Gasteiger partial charge on any atom is 0.241 e. The van der Waals surface area contributed by atoms with Crippen LogP contribution in [0.1, 0.15) is 17.0 Å². The lowest BCUT2D eigenvalue weighted by atomic mass is 10.1. The molecule has 31 heavy (non-hydrogen) atoms. The maximum absolute atomic E-state index is 5.97. The minimum absolute atomic E-state index is 0.324. The van der Waals surface area contributed by atoms with Gasteiger partial charge in [0.2, 0.25) is 5.88 Å². The number of aromatic nitrogens is 3. The van der Waals surface area contributed by atoms with Crippen LogP contribution in [0.3, 0.4) is 0 Å². The Morgan fingerprint density at radius 3 is 2.45 bits per heavy atom. The molecule has 0 unspecified atom stereocenters. The maximum atomic E-state index is 5.97. The van der Waals surface area contributed by atoms with Crippen LogP contribution in [0.25, 0.3) is 10.8 Å². The molecule has 0 fully saturated rings. The molecule has 0 spiro atoms. The first-order valence-corrected chi connectivity index (χ1v) is 10.3. The summed E-state index contributed by atoms with van der Waals surface area (Å²) in [5.74, 6) is 1.14. The Hall–Kier alpha value is -3.77. The summed E-state index contributed by atoms with van der Waals surface area (Å²) in [5, 5.41) is 16.7.